The Labute approximate surface area is 202 Å². The fraction of sp³-hybridized carbons (Fsp3) is 0.440. The van der Waals surface area contributed by atoms with Crippen molar-refractivity contribution < 1.29 is 42.1 Å². The molecule has 10 heteroatoms. The fourth-order valence-electron chi connectivity index (χ4n) is 3.29. The van der Waals surface area contributed by atoms with Crippen molar-refractivity contribution in [2.45, 2.75) is 50.6 Å². The third kappa shape index (κ3) is 7.88. The van der Waals surface area contributed by atoms with Crippen LogP contribution in [-0.4, -0.2) is 67.6 Å². The second kappa shape index (κ2) is 12.4. The quantitative estimate of drug-likeness (QED) is 0.329. The number of ether oxygens (including phenoxy) is 3. The second-order valence-electron chi connectivity index (χ2n) is 8.27. The number of carbonyl (C=O) groups excluding carboxylic acids is 1. The van der Waals surface area contributed by atoms with Gasteiger partial charge >= 0.3 is 17.9 Å². The monoisotopic (exact) mass is 497 g/mol. The molecule has 3 atom stereocenters. The maximum Gasteiger partial charge on any atom is 0.383 e. The molecular formula is C25H30F3NO6. The van der Waals surface area contributed by atoms with Crippen LogP contribution in [0, 0.1) is 0 Å². The average molecular weight is 498 g/mol. The molecule has 0 aliphatic rings. The van der Waals surface area contributed by atoms with Crippen LogP contribution in [0.25, 0.3) is 0 Å². The van der Waals surface area contributed by atoms with Crippen LogP contribution in [-0.2, 0) is 27.2 Å². The lowest BCUT2D eigenvalue weighted by Gasteiger charge is -2.29. The molecule has 0 aliphatic heterocycles. The maximum atomic E-state index is 13.7. The van der Waals surface area contributed by atoms with Crippen LogP contribution in [0.1, 0.15) is 24.5 Å². The van der Waals surface area contributed by atoms with Gasteiger partial charge in [0, 0.05) is 6.42 Å². The molecule has 0 fully saturated rings. The molecule has 0 aromatic heterocycles. The zero-order chi connectivity index (χ0) is 26.2. The maximum absolute atomic E-state index is 13.7. The zero-order valence-corrected chi connectivity index (χ0v) is 20.0. The molecule has 35 heavy (non-hydrogen) atoms. The Morgan fingerprint density at radius 1 is 1.09 bits per heavy atom. The Balaban J connectivity index is 2.05. The highest BCUT2D eigenvalue weighted by molar-refractivity contribution is 5.86. The van der Waals surface area contributed by atoms with Crippen LogP contribution < -0.4 is 9.47 Å². The van der Waals surface area contributed by atoms with Crippen molar-refractivity contribution in [3.8, 4) is 11.5 Å². The molecule has 0 spiro atoms. The molecule has 2 aromatic carbocycles. The van der Waals surface area contributed by atoms with Crippen LogP contribution in [0.4, 0.5) is 13.2 Å². The first-order valence-corrected chi connectivity index (χ1v) is 10.9. The van der Waals surface area contributed by atoms with Crippen molar-refractivity contribution in [1.29, 1.82) is 0 Å². The highest BCUT2D eigenvalue weighted by atomic mass is 19.3. The van der Waals surface area contributed by atoms with Gasteiger partial charge in [-0.2, -0.15) is 8.78 Å². The Morgan fingerprint density at radius 2 is 1.77 bits per heavy atom. The third-order valence-corrected chi connectivity index (χ3v) is 5.29. The van der Waals surface area contributed by atoms with E-state index in [9.17, 15) is 22.8 Å². The third-order valence-electron chi connectivity index (χ3n) is 5.29. The van der Waals surface area contributed by atoms with Gasteiger partial charge in [0.05, 0.1) is 7.11 Å². The first kappa shape index (κ1) is 28.0. The van der Waals surface area contributed by atoms with E-state index < -0.39 is 36.4 Å². The molecule has 0 heterocycles. The van der Waals surface area contributed by atoms with E-state index in [1.54, 1.807) is 32.2 Å². The van der Waals surface area contributed by atoms with Gasteiger partial charge in [-0.25, -0.2) is 14.0 Å². The summed E-state index contributed by atoms with van der Waals surface area (Å²) in [6, 6.07) is 15.1. The lowest BCUT2D eigenvalue weighted by Crippen LogP contribution is -2.45. The van der Waals surface area contributed by atoms with Gasteiger partial charge in [0.1, 0.15) is 17.6 Å². The number of aryl methyl sites for hydroxylation is 2. The zero-order valence-electron chi connectivity index (χ0n) is 20.0. The molecule has 0 saturated heterocycles. The lowest BCUT2D eigenvalue weighted by molar-refractivity contribution is -0.189. The SMILES string of the molecule is COc1cccc(CCc2ccccc2O[C@@H](CC(C)OC(=O)[C@@H](F)C(F)(F)C(=O)O)N(C)C)c1. The summed E-state index contributed by atoms with van der Waals surface area (Å²) in [5.74, 6) is -8.21. The van der Waals surface area contributed by atoms with Crippen molar-refractivity contribution in [3.05, 3.63) is 59.7 Å². The molecule has 192 valence electrons. The van der Waals surface area contributed by atoms with E-state index in [1.807, 2.05) is 42.5 Å². The second-order valence-corrected chi connectivity index (χ2v) is 8.27. The Morgan fingerprint density at radius 3 is 2.40 bits per heavy atom. The van der Waals surface area contributed by atoms with E-state index in [0.29, 0.717) is 12.2 Å². The molecule has 7 nitrogen and oxygen atoms in total. The number of nitrogens with zero attached hydrogens (tertiary/aromatic N) is 1. The molecule has 0 radical (unpaired) electrons. The number of rotatable bonds is 13. The molecular weight excluding hydrogens is 467 g/mol. The number of benzene rings is 2. The first-order valence-electron chi connectivity index (χ1n) is 10.9. The molecule has 2 aromatic rings. The number of methoxy groups -OCH3 is 1. The number of halogens is 3. The Kier molecular flexibility index (Phi) is 9.94. The molecule has 1 unspecified atom stereocenters. The molecule has 0 saturated carbocycles. The number of aliphatic carboxylic acids is 1. The van der Waals surface area contributed by atoms with Gasteiger partial charge < -0.3 is 19.3 Å². The summed E-state index contributed by atoms with van der Waals surface area (Å²) < 4.78 is 56.4. The van der Waals surface area contributed by atoms with Crippen molar-refractivity contribution in [2.24, 2.45) is 0 Å². The van der Waals surface area contributed by atoms with E-state index in [4.69, 9.17) is 19.3 Å². The molecule has 1 N–H and O–H groups in total. The smallest absolute Gasteiger partial charge is 0.383 e. The Hall–Kier alpha value is -3.27. The van der Waals surface area contributed by atoms with Crippen molar-refractivity contribution in [1.82, 2.24) is 4.90 Å². The highest BCUT2D eigenvalue weighted by Crippen LogP contribution is 2.26. The highest BCUT2D eigenvalue weighted by Gasteiger charge is 2.53. The van der Waals surface area contributed by atoms with Gasteiger partial charge in [0.15, 0.2) is 6.23 Å². The molecule has 2 rings (SSSR count). The Bertz CT molecular complexity index is 1000. The molecule has 0 bridgehead atoms. The van der Waals surface area contributed by atoms with E-state index in [0.717, 1.165) is 23.3 Å². The van der Waals surface area contributed by atoms with Crippen LogP contribution >= 0.6 is 0 Å². The summed E-state index contributed by atoms with van der Waals surface area (Å²) in [6.45, 7) is 1.39. The summed E-state index contributed by atoms with van der Waals surface area (Å²) in [6.07, 6.45) is -3.86. The van der Waals surface area contributed by atoms with Crippen LogP contribution in [0.15, 0.2) is 48.5 Å². The van der Waals surface area contributed by atoms with Gasteiger partial charge in [-0.1, -0.05) is 30.3 Å². The minimum absolute atomic E-state index is 0.0221. The fourth-order valence-corrected chi connectivity index (χ4v) is 3.29. The number of para-hydroxylation sites is 1. The van der Waals surface area contributed by atoms with Gasteiger partial charge in [0.2, 0.25) is 0 Å². The van der Waals surface area contributed by atoms with E-state index >= 15 is 0 Å². The minimum Gasteiger partial charge on any atom is -0.497 e. The lowest BCUT2D eigenvalue weighted by atomic mass is 10.0. The van der Waals surface area contributed by atoms with E-state index in [2.05, 4.69) is 0 Å². The largest absolute Gasteiger partial charge is 0.497 e. The predicted octanol–water partition coefficient (Wildman–Crippen LogP) is 4.13. The van der Waals surface area contributed by atoms with Gasteiger partial charge in [-0.05, 0) is 63.2 Å². The van der Waals surface area contributed by atoms with Crippen molar-refractivity contribution in [2.75, 3.05) is 21.2 Å². The summed E-state index contributed by atoms with van der Waals surface area (Å²) in [5, 5.41) is 8.41. The number of carbonyl (C=O) groups is 2. The number of hydrogen-bond donors (Lipinski definition) is 1. The topological polar surface area (TPSA) is 85.3 Å². The van der Waals surface area contributed by atoms with Gasteiger partial charge in [0.25, 0.3) is 6.17 Å². The average Bonchev–Trinajstić information content (AvgIpc) is 2.82. The molecule has 0 aliphatic carbocycles. The van der Waals surface area contributed by atoms with Crippen LogP contribution in [0.3, 0.4) is 0 Å². The number of carboxylic acids is 1. The minimum atomic E-state index is -4.88. The summed E-state index contributed by atoms with van der Waals surface area (Å²) in [7, 11) is 5.04. The molecule has 0 amide bonds. The summed E-state index contributed by atoms with van der Waals surface area (Å²) >= 11 is 0. The van der Waals surface area contributed by atoms with Crippen LogP contribution in [0.5, 0.6) is 11.5 Å². The summed E-state index contributed by atoms with van der Waals surface area (Å²) in [4.78, 5) is 23.9. The summed E-state index contributed by atoms with van der Waals surface area (Å²) in [5.41, 5.74) is 2.01. The standard InChI is InChI=1S/C25H30F3NO6/c1-16(34-23(30)22(26)25(27,28)24(31)32)14-21(29(2)3)35-20-11-6-5-9-18(20)13-12-17-8-7-10-19(15-17)33-4/h5-11,15-16,21-22H,12-14H2,1-4H3,(H,31,32)/t16?,21-,22+/m0/s1. The van der Waals surface area contributed by atoms with Gasteiger partial charge in [-0.3, -0.25) is 4.90 Å². The van der Waals surface area contributed by atoms with Crippen molar-refractivity contribution >= 4 is 11.9 Å². The van der Waals surface area contributed by atoms with E-state index in [1.165, 1.54) is 6.92 Å². The number of hydrogen-bond acceptors (Lipinski definition) is 6. The number of alkyl halides is 3. The van der Waals surface area contributed by atoms with Crippen molar-refractivity contribution in [3.63, 3.8) is 0 Å². The van der Waals surface area contributed by atoms with Crippen LogP contribution in [0.2, 0.25) is 0 Å². The predicted molar refractivity (Wildman–Crippen MR) is 123 cm³/mol. The van der Waals surface area contributed by atoms with Gasteiger partial charge in [-0.15, -0.1) is 0 Å². The first-order chi connectivity index (χ1) is 16.4. The van der Waals surface area contributed by atoms with E-state index in [-0.39, 0.29) is 6.42 Å². The normalized spacial score (nSPS) is 14.2. The number of esters is 1. The number of carboxylic acid groups (broad SMARTS) is 1.